The van der Waals surface area contributed by atoms with Crippen LogP contribution in [0.2, 0.25) is 0 Å². The van der Waals surface area contributed by atoms with Gasteiger partial charge in [-0.25, -0.2) is 9.97 Å². The fourth-order valence-electron chi connectivity index (χ4n) is 3.52. The molecule has 5 heterocycles. The van der Waals surface area contributed by atoms with E-state index in [2.05, 4.69) is 32.0 Å². The second kappa shape index (κ2) is 7.26. The molecule has 0 bridgehead atoms. The van der Waals surface area contributed by atoms with E-state index in [4.69, 9.17) is 14.4 Å². The molecular formula is C20H21N5OS. The van der Waals surface area contributed by atoms with Gasteiger partial charge in [-0.05, 0) is 24.3 Å². The Morgan fingerprint density at radius 2 is 1.74 bits per heavy atom. The molecule has 7 heteroatoms. The van der Waals surface area contributed by atoms with Gasteiger partial charge in [-0.1, -0.05) is 6.07 Å². The van der Waals surface area contributed by atoms with Crippen LogP contribution in [0.1, 0.15) is 11.4 Å². The summed E-state index contributed by atoms with van der Waals surface area (Å²) in [5.74, 6) is 0.850. The van der Waals surface area contributed by atoms with Crippen LogP contribution in [-0.4, -0.2) is 50.3 Å². The zero-order chi connectivity index (χ0) is 18.1. The lowest BCUT2D eigenvalue weighted by atomic mass is 10.3. The molecule has 1 saturated heterocycles. The van der Waals surface area contributed by atoms with Gasteiger partial charge in [-0.3, -0.25) is 9.80 Å². The first-order valence-corrected chi connectivity index (χ1v) is 10.1. The molecule has 6 nitrogen and oxygen atoms in total. The Balaban J connectivity index is 1.16. The third-order valence-electron chi connectivity index (χ3n) is 4.93. The number of fused-ring (bicyclic) bond motifs is 1. The van der Waals surface area contributed by atoms with Crippen molar-refractivity contribution in [3.8, 4) is 10.8 Å². The topological polar surface area (TPSA) is 49.8 Å². The van der Waals surface area contributed by atoms with E-state index in [0.29, 0.717) is 0 Å². The van der Waals surface area contributed by atoms with Gasteiger partial charge in [-0.15, -0.1) is 11.3 Å². The van der Waals surface area contributed by atoms with Crippen molar-refractivity contribution in [3.63, 3.8) is 0 Å². The summed E-state index contributed by atoms with van der Waals surface area (Å²) < 4.78 is 7.52. The molecule has 0 aliphatic carbocycles. The standard InChI is InChI=1S/C20H21N5OS/c1-2-6-25-14-16(21-19(25)5-1)12-23-7-9-24(10-8-23)13-17-15-27-20(22-17)18-4-3-11-26-18/h1-6,11,14-15H,7-10,12-13H2. The number of thiazole rings is 1. The summed E-state index contributed by atoms with van der Waals surface area (Å²) in [6.45, 7) is 6.04. The normalized spacial score (nSPS) is 16.3. The summed E-state index contributed by atoms with van der Waals surface area (Å²) in [6, 6.07) is 9.97. The molecule has 0 atom stereocenters. The zero-order valence-corrected chi connectivity index (χ0v) is 15.8. The fraction of sp³-hybridized carbons (Fsp3) is 0.300. The number of aromatic nitrogens is 3. The van der Waals surface area contributed by atoms with Gasteiger partial charge in [0, 0.05) is 57.0 Å². The van der Waals surface area contributed by atoms with Gasteiger partial charge in [0.25, 0.3) is 0 Å². The molecule has 1 fully saturated rings. The van der Waals surface area contributed by atoms with E-state index in [1.807, 2.05) is 30.3 Å². The maximum atomic E-state index is 5.44. The van der Waals surface area contributed by atoms with E-state index in [-0.39, 0.29) is 0 Å². The number of piperazine rings is 1. The number of furan rings is 1. The van der Waals surface area contributed by atoms with Gasteiger partial charge in [0.2, 0.25) is 0 Å². The van der Waals surface area contributed by atoms with Gasteiger partial charge < -0.3 is 8.82 Å². The Hall–Kier alpha value is -2.48. The predicted molar refractivity (Wildman–Crippen MR) is 106 cm³/mol. The lowest BCUT2D eigenvalue weighted by Crippen LogP contribution is -2.45. The fourth-order valence-corrected chi connectivity index (χ4v) is 4.30. The van der Waals surface area contributed by atoms with Gasteiger partial charge in [0.05, 0.1) is 17.7 Å². The molecular weight excluding hydrogens is 358 g/mol. The minimum absolute atomic E-state index is 0.850. The van der Waals surface area contributed by atoms with E-state index < -0.39 is 0 Å². The highest BCUT2D eigenvalue weighted by Gasteiger charge is 2.19. The van der Waals surface area contributed by atoms with E-state index in [1.165, 1.54) is 0 Å². The number of nitrogens with zero attached hydrogens (tertiary/aromatic N) is 5. The average molecular weight is 379 g/mol. The van der Waals surface area contributed by atoms with Crippen molar-refractivity contribution in [2.45, 2.75) is 13.1 Å². The van der Waals surface area contributed by atoms with Crippen LogP contribution in [0.4, 0.5) is 0 Å². The number of pyridine rings is 1. The largest absolute Gasteiger partial charge is 0.462 e. The zero-order valence-electron chi connectivity index (χ0n) is 15.0. The smallest absolute Gasteiger partial charge is 0.162 e. The Labute approximate surface area is 161 Å². The van der Waals surface area contributed by atoms with Crippen molar-refractivity contribution in [3.05, 3.63) is 65.8 Å². The van der Waals surface area contributed by atoms with Gasteiger partial charge in [0.15, 0.2) is 10.8 Å². The van der Waals surface area contributed by atoms with Crippen molar-refractivity contribution >= 4 is 17.0 Å². The van der Waals surface area contributed by atoms with E-state index in [9.17, 15) is 0 Å². The molecule has 0 spiro atoms. The highest BCUT2D eigenvalue weighted by molar-refractivity contribution is 7.13. The summed E-state index contributed by atoms with van der Waals surface area (Å²) in [7, 11) is 0. The van der Waals surface area contributed by atoms with Crippen LogP contribution >= 0.6 is 11.3 Å². The third-order valence-corrected chi connectivity index (χ3v) is 5.84. The maximum absolute atomic E-state index is 5.44. The van der Waals surface area contributed by atoms with Crippen molar-refractivity contribution in [1.29, 1.82) is 0 Å². The van der Waals surface area contributed by atoms with Gasteiger partial charge in [0.1, 0.15) is 5.65 Å². The molecule has 0 saturated carbocycles. The molecule has 0 unspecified atom stereocenters. The van der Waals surface area contributed by atoms with Crippen LogP contribution < -0.4 is 0 Å². The second-order valence-electron chi connectivity index (χ2n) is 6.87. The predicted octanol–water partition coefficient (Wildman–Crippen LogP) is 3.37. The molecule has 4 aromatic heterocycles. The minimum Gasteiger partial charge on any atom is -0.462 e. The lowest BCUT2D eigenvalue weighted by Gasteiger charge is -2.33. The Morgan fingerprint density at radius 3 is 2.48 bits per heavy atom. The Kier molecular flexibility index (Phi) is 4.49. The van der Waals surface area contributed by atoms with Crippen molar-refractivity contribution in [1.82, 2.24) is 24.2 Å². The highest BCUT2D eigenvalue weighted by atomic mass is 32.1. The van der Waals surface area contributed by atoms with Gasteiger partial charge in [-0.2, -0.15) is 0 Å². The lowest BCUT2D eigenvalue weighted by molar-refractivity contribution is 0.120. The van der Waals surface area contributed by atoms with E-state index >= 15 is 0 Å². The van der Waals surface area contributed by atoms with Gasteiger partial charge >= 0.3 is 0 Å². The van der Waals surface area contributed by atoms with Crippen LogP contribution in [-0.2, 0) is 13.1 Å². The molecule has 5 rings (SSSR count). The Morgan fingerprint density at radius 1 is 0.926 bits per heavy atom. The number of rotatable bonds is 5. The molecule has 1 aliphatic heterocycles. The van der Waals surface area contributed by atoms with Crippen molar-refractivity contribution in [2.24, 2.45) is 0 Å². The molecule has 0 N–H and O–H groups in total. The van der Waals surface area contributed by atoms with Crippen LogP contribution in [0.5, 0.6) is 0 Å². The number of hydrogen-bond donors (Lipinski definition) is 0. The highest BCUT2D eigenvalue weighted by Crippen LogP contribution is 2.24. The molecule has 1 aliphatic rings. The van der Waals surface area contributed by atoms with Crippen LogP contribution in [0.3, 0.4) is 0 Å². The number of hydrogen-bond acceptors (Lipinski definition) is 6. The average Bonchev–Trinajstić information content (AvgIpc) is 3.43. The second-order valence-corrected chi connectivity index (χ2v) is 7.73. The molecule has 27 heavy (non-hydrogen) atoms. The summed E-state index contributed by atoms with van der Waals surface area (Å²) in [6.07, 6.45) is 5.88. The first kappa shape index (κ1) is 16.7. The quantitative estimate of drug-likeness (QED) is 0.532. The first-order chi connectivity index (χ1) is 13.3. The molecule has 0 amide bonds. The summed E-state index contributed by atoms with van der Waals surface area (Å²) in [4.78, 5) is 14.4. The molecule has 4 aromatic rings. The third kappa shape index (κ3) is 3.66. The summed E-state index contributed by atoms with van der Waals surface area (Å²) >= 11 is 1.65. The van der Waals surface area contributed by atoms with E-state index in [0.717, 1.165) is 67.1 Å². The van der Waals surface area contributed by atoms with Crippen LogP contribution in [0, 0.1) is 0 Å². The first-order valence-electron chi connectivity index (χ1n) is 9.19. The summed E-state index contributed by atoms with van der Waals surface area (Å²) in [5.41, 5.74) is 3.28. The van der Waals surface area contributed by atoms with E-state index in [1.54, 1.807) is 17.6 Å². The van der Waals surface area contributed by atoms with Crippen LogP contribution in [0.15, 0.2) is 58.8 Å². The minimum atomic E-state index is 0.850. The van der Waals surface area contributed by atoms with Crippen molar-refractivity contribution in [2.75, 3.05) is 26.2 Å². The monoisotopic (exact) mass is 379 g/mol. The molecule has 138 valence electrons. The maximum Gasteiger partial charge on any atom is 0.162 e. The van der Waals surface area contributed by atoms with Crippen LogP contribution in [0.25, 0.3) is 16.4 Å². The number of imidazole rings is 1. The Bertz CT molecular complexity index is 981. The molecule has 0 aromatic carbocycles. The molecule has 0 radical (unpaired) electrons. The summed E-state index contributed by atoms with van der Waals surface area (Å²) in [5, 5.41) is 3.10. The van der Waals surface area contributed by atoms with Crippen molar-refractivity contribution < 1.29 is 4.42 Å². The SMILES string of the molecule is c1coc(-c2nc(CN3CCN(Cc4cn5ccccc5n4)CC3)cs2)c1.